The van der Waals surface area contributed by atoms with Gasteiger partial charge in [0.1, 0.15) is 0 Å². The highest BCUT2D eigenvalue weighted by molar-refractivity contribution is 7.98. The number of benzene rings is 2. The van der Waals surface area contributed by atoms with Crippen molar-refractivity contribution in [3.05, 3.63) is 77.3 Å². The molecule has 5 nitrogen and oxygen atoms in total. The van der Waals surface area contributed by atoms with E-state index < -0.39 is 0 Å². The average Bonchev–Trinajstić information content (AvgIpc) is 3.29. The van der Waals surface area contributed by atoms with Gasteiger partial charge in [-0.15, -0.1) is 10.2 Å². The number of hydrogen-bond donors (Lipinski definition) is 2. The fourth-order valence-corrected chi connectivity index (χ4v) is 3.65. The topological polar surface area (TPSA) is 82.4 Å². The first-order valence-corrected chi connectivity index (χ1v) is 9.57. The molecule has 2 aromatic carbocycles. The number of thioether (sulfide) groups is 1. The number of H-pyrrole nitrogens is 1. The predicted octanol–water partition coefficient (Wildman–Crippen LogP) is 3.68. The zero-order valence-corrected chi connectivity index (χ0v) is 15.4. The first kappa shape index (κ1) is 16.9. The van der Waals surface area contributed by atoms with Gasteiger partial charge in [-0.1, -0.05) is 59.8 Å². The summed E-state index contributed by atoms with van der Waals surface area (Å²) in [5, 5.41) is 10.2. The predicted molar refractivity (Wildman–Crippen MR) is 103 cm³/mol. The van der Waals surface area contributed by atoms with Crippen LogP contribution < -0.4 is 5.73 Å². The Morgan fingerprint density at radius 1 is 1.12 bits per heavy atom. The van der Waals surface area contributed by atoms with E-state index in [2.05, 4.69) is 64.2 Å². The number of aryl methyl sites for hydroxylation is 1. The van der Waals surface area contributed by atoms with Crippen LogP contribution in [-0.4, -0.2) is 15.2 Å². The van der Waals surface area contributed by atoms with Crippen molar-refractivity contribution in [3.63, 3.8) is 0 Å². The van der Waals surface area contributed by atoms with Crippen LogP contribution in [0.25, 0.3) is 10.9 Å². The zero-order valence-electron chi connectivity index (χ0n) is 14.6. The molecule has 0 aliphatic heterocycles. The second kappa shape index (κ2) is 7.35. The second-order valence-corrected chi connectivity index (χ2v) is 7.37. The van der Waals surface area contributed by atoms with E-state index in [1.54, 1.807) is 11.8 Å². The lowest BCUT2D eigenvalue weighted by Crippen LogP contribution is -2.54. The average molecular weight is 365 g/mol. The molecule has 1 atom stereocenters. The van der Waals surface area contributed by atoms with Gasteiger partial charge in [0.15, 0.2) is 6.04 Å². The molecule has 4 rings (SSSR count). The first-order valence-electron chi connectivity index (χ1n) is 8.59. The number of quaternary nitrogens is 1. The van der Waals surface area contributed by atoms with Gasteiger partial charge in [-0.25, -0.2) is 0 Å². The molecule has 26 heavy (non-hydrogen) atoms. The Balaban J connectivity index is 1.41. The molecule has 0 amide bonds. The normalized spacial score (nSPS) is 12.5. The minimum absolute atomic E-state index is 0.0737. The maximum Gasteiger partial charge on any atom is 0.277 e. The highest BCUT2D eigenvalue weighted by Crippen LogP contribution is 2.25. The number of aromatic amines is 1. The largest absolute Gasteiger partial charge is 0.410 e. The van der Waals surface area contributed by atoms with Crippen LogP contribution in [0.15, 0.2) is 64.4 Å². The lowest BCUT2D eigenvalue weighted by atomic mass is 10.1. The van der Waals surface area contributed by atoms with E-state index in [0.29, 0.717) is 11.1 Å². The van der Waals surface area contributed by atoms with Crippen LogP contribution in [0.2, 0.25) is 0 Å². The van der Waals surface area contributed by atoms with Crippen molar-refractivity contribution in [1.82, 2.24) is 15.2 Å². The summed E-state index contributed by atoms with van der Waals surface area (Å²) in [5.41, 5.74) is 9.06. The van der Waals surface area contributed by atoms with Gasteiger partial charge in [0, 0.05) is 29.3 Å². The maximum absolute atomic E-state index is 5.82. The van der Waals surface area contributed by atoms with Gasteiger partial charge in [0.25, 0.3) is 11.1 Å². The first-order chi connectivity index (χ1) is 12.7. The number of nitrogens with zero attached hydrogens (tertiary/aromatic N) is 2. The Morgan fingerprint density at radius 3 is 2.77 bits per heavy atom. The van der Waals surface area contributed by atoms with Crippen molar-refractivity contribution in [2.75, 3.05) is 0 Å². The SMILES string of the molecule is Cc1ccc(CSc2nnc(C([NH3+])Cc3c[nH]c4ccccc34)o2)cc1. The molecular weight excluding hydrogens is 344 g/mol. The van der Waals surface area contributed by atoms with Crippen LogP contribution in [0.1, 0.15) is 28.6 Å². The number of nitrogens with one attached hydrogen (secondary N) is 1. The third kappa shape index (κ3) is 3.66. The van der Waals surface area contributed by atoms with E-state index in [-0.39, 0.29) is 6.04 Å². The molecule has 0 saturated carbocycles. The molecule has 0 bridgehead atoms. The van der Waals surface area contributed by atoms with E-state index in [1.807, 2.05) is 18.3 Å². The molecule has 0 radical (unpaired) electrons. The summed E-state index contributed by atoms with van der Waals surface area (Å²) in [6, 6.07) is 16.7. The van der Waals surface area contributed by atoms with Crippen molar-refractivity contribution >= 4 is 22.7 Å². The quantitative estimate of drug-likeness (QED) is 0.511. The summed E-state index contributed by atoms with van der Waals surface area (Å²) >= 11 is 1.55. The van der Waals surface area contributed by atoms with Crippen molar-refractivity contribution in [1.29, 1.82) is 0 Å². The molecule has 0 spiro atoms. The van der Waals surface area contributed by atoms with Crippen LogP contribution in [0.3, 0.4) is 0 Å². The lowest BCUT2D eigenvalue weighted by molar-refractivity contribution is -0.431. The summed E-state index contributed by atoms with van der Waals surface area (Å²) in [5.74, 6) is 1.40. The molecule has 1 unspecified atom stereocenters. The highest BCUT2D eigenvalue weighted by Gasteiger charge is 2.20. The van der Waals surface area contributed by atoms with Gasteiger partial charge < -0.3 is 15.1 Å². The smallest absolute Gasteiger partial charge is 0.277 e. The summed E-state index contributed by atoms with van der Waals surface area (Å²) in [6.45, 7) is 2.09. The van der Waals surface area contributed by atoms with Crippen LogP contribution in [0.5, 0.6) is 0 Å². The third-order valence-corrected chi connectivity index (χ3v) is 5.29. The van der Waals surface area contributed by atoms with Crippen molar-refractivity contribution in [2.24, 2.45) is 0 Å². The third-order valence-electron chi connectivity index (χ3n) is 4.40. The molecule has 4 aromatic rings. The number of para-hydroxylation sites is 1. The van der Waals surface area contributed by atoms with Gasteiger partial charge >= 0.3 is 0 Å². The van der Waals surface area contributed by atoms with E-state index in [0.717, 1.165) is 17.7 Å². The molecule has 6 heteroatoms. The monoisotopic (exact) mass is 365 g/mol. The molecule has 132 valence electrons. The number of aromatic nitrogens is 3. The Kier molecular flexibility index (Phi) is 4.77. The van der Waals surface area contributed by atoms with E-state index in [9.17, 15) is 0 Å². The van der Waals surface area contributed by atoms with Crippen molar-refractivity contribution < 1.29 is 10.2 Å². The Hall–Kier alpha value is -2.57. The minimum atomic E-state index is -0.0737. The minimum Gasteiger partial charge on any atom is -0.410 e. The van der Waals surface area contributed by atoms with E-state index >= 15 is 0 Å². The summed E-state index contributed by atoms with van der Waals surface area (Å²) in [4.78, 5) is 3.29. The number of rotatable bonds is 6. The Labute approximate surface area is 156 Å². The van der Waals surface area contributed by atoms with Crippen LogP contribution in [-0.2, 0) is 12.2 Å². The fourth-order valence-electron chi connectivity index (χ4n) is 2.93. The number of fused-ring (bicyclic) bond motifs is 1. The highest BCUT2D eigenvalue weighted by atomic mass is 32.2. The summed E-state index contributed by atoms with van der Waals surface area (Å²) < 4.78 is 5.82. The fraction of sp³-hybridized carbons (Fsp3) is 0.200. The molecule has 0 aliphatic rings. The van der Waals surface area contributed by atoms with Crippen LogP contribution in [0.4, 0.5) is 0 Å². The van der Waals surface area contributed by atoms with E-state index in [4.69, 9.17) is 4.42 Å². The van der Waals surface area contributed by atoms with Crippen molar-refractivity contribution in [3.8, 4) is 0 Å². The second-order valence-electron chi connectivity index (χ2n) is 6.44. The van der Waals surface area contributed by atoms with Gasteiger partial charge in [-0.3, -0.25) is 0 Å². The molecular formula is C20H21N4OS+. The van der Waals surface area contributed by atoms with Gasteiger partial charge in [0.05, 0.1) is 0 Å². The summed E-state index contributed by atoms with van der Waals surface area (Å²) in [7, 11) is 0. The van der Waals surface area contributed by atoms with E-state index in [1.165, 1.54) is 22.1 Å². The molecule has 4 N–H and O–H groups in total. The van der Waals surface area contributed by atoms with Gasteiger partial charge in [-0.05, 0) is 24.1 Å². The van der Waals surface area contributed by atoms with Crippen molar-refractivity contribution in [2.45, 2.75) is 30.4 Å². The van der Waals surface area contributed by atoms with Crippen LogP contribution in [0, 0.1) is 6.92 Å². The molecule has 2 heterocycles. The lowest BCUT2D eigenvalue weighted by Gasteiger charge is -2.03. The number of hydrogen-bond acceptors (Lipinski definition) is 4. The molecule has 2 aromatic heterocycles. The molecule has 0 aliphatic carbocycles. The standard InChI is InChI=1S/C20H20N4OS/c1-13-6-8-14(9-7-13)12-26-20-24-23-19(25-20)17(21)10-15-11-22-18-5-3-2-4-16(15)18/h2-9,11,17,22H,10,12,21H2,1H3/p+1. The van der Waals surface area contributed by atoms with Gasteiger partial charge in [0.2, 0.25) is 0 Å². The Bertz CT molecular complexity index is 1010. The zero-order chi connectivity index (χ0) is 17.9. The van der Waals surface area contributed by atoms with Crippen LogP contribution >= 0.6 is 11.8 Å². The molecule has 0 saturated heterocycles. The summed E-state index contributed by atoms with van der Waals surface area (Å²) in [6.07, 6.45) is 2.79. The Morgan fingerprint density at radius 2 is 1.92 bits per heavy atom. The van der Waals surface area contributed by atoms with Gasteiger partial charge in [-0.2, -0.15) is 0 Å². The molecule has 0 fully saturated rings. The maximum atomic E-state index is 5.82.